The molecular formula is C34H40BrClN4O4. The number of ether oxygens (including phenoxy) is 1. The highest BCUT2D eigenvalue weighted by molar-refractivity contribution is 9.10. The molecule has 2 amide bonds. The second-order valence-corrected chi connectivity index (χ2v) is 12.2. The molecule has 1 heterocycles. The fourth-order valence-corrected chi connectivity index (χ4v) is 6.44. The zero-order chi connectivity index (χ0) is 31.8. The Bertz CT molecular complexity index is 1480. The van der Waals surface area contributed by atoms with E-state index < -0.39 is 0 Å². The zero-order valence-corrected chi connectivity index (χ0v) is 28.0. The molecule has 4 rings (SSSR count). The standard InChI is InChI=1S/C34H40BrClN4O4/c1-5-39(6-2)19-18-38(3)31(22-41)25-11-9-17-40(30-16-14-24(36)21-27(25)30)34(43)23-13-15-29(32(20-23)44-4)37-33(42)26-10-7-8-12-28(26)35/h7-8,10,12-16,20-22,25,31H,5-6,9,11,17-19H2,1-4H3,(H,37,42). The summed E-state index contributed by atoms with van der Waals surface area (Å²) >= 11 is 9.91. The molecule has 0 aromatic heterocycles. The second-order valence-electron chi connectivity index (χ2n) is 10.9. The number of nitrogens with zero attached hydrogens (tertiary/aromatic N) is 3. The van der Waals surface area contributed by atoms with Crippen molar-refractivity contribution in [2.24, 2.45) is 0 Å². The van der Waals surface area contributed by atoms with Crippen LogP contribution in [0.4, 0.5) is 11.4 Å². The molecule has 8 nitrogen and oxygen atoms in total. The van der Waals surface area contributed by atoms with Crippen LogP contribution < -0.4 is 15.0 Å². The number of hydrogen-bond donors (Lipinski definition) is 1. The molecule has 0 radical (unpaired) electrons. The third-order valence-corrected chi connectivity index (χ3v) is 9.29. The van der Waals surface area contributed by atoms with Crippen molar-refractivity contribution in [1.29, 1.82) is 0 Å². The summed E-state index contributed by atoms with van der Waals surface area (Å²) in [5, 5.41) is 3.44. The summed E-state index contributed by atoms with van der Waals surface area (Å²) in [6.45, 7) is 8.30. The molecule has 0 bridgehead atoms. The topological polar surface area (TPSA) is 82.2 Å². The Balaban J connectivity index is 1.61. The smallest absolute Gasteiger partial charge is 0.258 e. The van der Waals surface area contributed by atoms with Crippen molar-refractivity contribution >= 4 is 57.0 Å². The molecule has 0 saturated carbocycles. The van der Waals surface area contributed by atoms with Crippen LogP contribution in [0.15, 0.2) is 65.1 Å². The van der Waals surface area contributed by atoms with Crippen molar-refractivity contribution in [3.8, 4) is 5.75 Å². The molecule has 0 saturated heterocycles. The van der Waals surface area contributed by atoms with Crippen LogP contribution in [0.25, 0.3) is 0 Å². The van der Waals surface area contributed by atoms with Crippen LogP contribution in [0.1, 0.15) is 58.9 Å². The number of halogens is 2. The molecule has 44 heavy (non-hydrogen) atoms. The highest BCUT2D eigenvalue weighted by Gasteiger charge is 2.34. The van der Waals surface area contributed by atoms with Gasteiger partial charge >= 0.3 is 0 Å². The minimum Gasteiger partial charge on any atom is -0.495 e. The van der Waals surface area contributed by atoms with E-state index in [1.54, 1.807) is 47.4 Å². The highest BCUT2D eigenvalue weighted by atomic mass is 79.9. The van der Waals surface area contributed by atoms with Gasteiger partial charge < -0.3 is 24.6 Å². The van der Waals surface area contributed by atoms with Gasteiger partial charge in [0, 0.05) is 46.3 Å². The summed E-state index contributed by atoms with van der Waals surface area (Å²) in [6, 6.07) is 17.3. The van der Waals surface area contributed by atoms with Crippen molar-refractivity contribution in [2.45, 2.75) is 38.6 Å². The lowest BCUT2D eigenvalue weighted by Crippen LogP contribution is -2.42. The lowest BCUT2D eigenvalue weighted by Gasteiger charge is -2.33. The van der Waals surface area contributed by atoms with Crippen molar-refractivity contribution < 1.29 is 19.1 Å². The molecule has 0 aliphatic carbocycles. The van der Waals surface area contributed by atoms with Gasteiger partial charge in [-0.15, -0.1) is 0 Å². The summed E-state index contributed by atoms with van der Waals surface area (Å²) in [6.07, 6.45) is 2.48. The number of rotatable bonds is 12. The molecule has 1 aliphatic rings. The SMILES string of the molecule is CCN(CC)CCN(C)C(C=O)C1CCCN(C(=O)c2ccc(NC(=O)c3ccccc3Br)c(OC)c2)c2ccc(Cl)cc21. The highest BCUT2D eigenvalue weighted by Crippen LogP contribution is 2.40. The molecule has 10 heteroatoms. The summed E-state index contributed by atoms with van der Waals surface area (Å²) < 4.78 is 6.26. The van der Waals surface area contributed by atoms with E-state index in [4.69, 9.17) is 16.3 Å². The number of hydrogen-bond acceptors (Lipinski definition) is 6. The first-order valence-corrected chi connectivity index (χ1v) is 16.1. The Morgan fingerprint density at radius 3 is 2.55 bits per heavy atom. The lowest BCUT2D eigenvalue weighted by molar-refractivity contribution is -0.112. The van der Waals surface area contributed by atoms with Gasteiger partial charge in [0.1, 0.15) is 12.0 Å². The predicted molar refractivity (Wildman–Crippen MR) is 180 cm³/mol. The Hall–Kier alpha value is -3.24. The van der Waals surface area contributed by atoms with Gasteiger partial charge in [-0.1, -0.05) is 37.6 Å². The Kier molecular flexibility index (Phi) is 12.0. The van der Waals surface area contributed by atoms with Gasteiger partial charge in [-0.05, 0) is 103 Å². The van der Waals surface area contributed by atoms with Gasteiger partial charge in [0.25, 0.3) is 11.8 Å². The van der Waals surface area contributed by atoms with Crippen LogP contribution in [0.5, 0.6) is 5.75 Å². The zero-order valence-electron chi connectivity index (χ0n) is 25.7. The number of benzene rings is 3. The van der Waals surface area contributed by atoms with E-state index in [0.717, 1.165) is 50.1 Å². The maximum atomic E-state index is 14.0. The maximum absolute atomic E-state index is 14.0. The van der Waals surface area contributed by atoms with Gasteiger partial charge in [-0.3, -0.25) is 14.5 Å². The summed E-state index contributed by atoms with van der Waals surface area (Å²) in [5.74, 6) is -0.249. The molecule has 3 aromatic carbocycles. The third kappa shape index (κ3) is 7.69. The number of anilines is 2. The second kappa shape index (κ2) is 15.7. The van der Waals surface area contributed by atoms with Crippen LogP contribution >= 0.6 is 27.5 Å². The number of methoxy groups -OCH3 is 1. The fourth-order valence-electron chi connectivity index (χ4n) is 5.79. The van der Waals surface area contributed by atoms with Crippen molar-refractivity contribution in [1.82, 2.24) is 9.80 Å². The van der Waals surface area contributed by atoms with E-state index in [0.29, 0.717) is 45.0 Å². The van der Waals surface area contributed by atoms with Gasteiger partial charge in [-0.25, -0.2) is 0 Å². The van der Waals surface area contributed by atoms with E-state index in [1.165, 1.54) is 7.11 Å². The molecule has 0 spiro atoms. The summed E-state index contributed by atoms with van der Waals surface area (Å²) in [4.78, 5) is 45.7. The van der Waals surface area contributed by atoms with E-state index in [-0.39, 0.29) is 23.8 Å². The summed E-state index contributed by atoms with van der Waals surface area (Å²) in [7, 11) is 3.49. The number of nitrogens with one attached hydrogen (secondary N) is 1. The molecule has 1 N–H and O–H groups in total. The number of aldehydes is 1. The van der Waals surface area contributed by atoms with E-state index >= 15 is 0 Å². The summed E-state index contributed by atoms with van der Waals surface area (Å²) in [5.41, 5.74) is 2.99. The van der Waals surface area contributed by atoms with Crippen molar-refractivity contribution in [3.63, 3.8) is 0 Å². The average Bonchev–Trinajstić information content (AvgIpc) is 3.21. The molecule has 1 aliphatic heterocycles. The lowest BCUT2D eigenvalue weighted by atomic mass is 9.87. The van der Waals surface area contributed by atoms with Gasteiger partial charge in [0.05, 0.1) is 24.4 Å². The molecule has 3 aromatic rings. The van der Waals surface area contributed by atoms with Crippen LogP contribution in [0.2, 0.25) is 5.02 Å². The van der Waals surface area contributed by atoms with Crippen LogP contribution in [0.3, 0.4) is 0 Å². The first-order valence-electron chi connectivity index (χ1n) is 14.9. The number of carbonyl (C=O) groups excluding carboxylic acids is 3. The Labute approximate surface area is 273 Å². The Morgan fingerprint density at radius 2 is 1.86 bits per heavy atom. The van der Waals surface area contributed by atoms with Crippen LogP contribution in [-0.4, -0.2) is 80.8 Å². The predicted octanol–water partition coefficient (Wildman–Crippen LogP) is 6.73. The molecule has 2 unspecified atom stereocenters. The average molecular weight is 684 g/mol. The third-order valence-electron chi connectivity index (χ3n) is 8.36. The molecular weight excluding hydrogens is 644 g/mol. The van der Waals surface area contributed by atoms with Crippen molar-refractivity contribution in [2.75, 3.05) is 57.1 Å². The first kappa shape index (κ1) is 33.6. The van der Waals surface area contributed by atoms with Crippen molar-refractivity contribution in [3.05, 3.63) is 86.8 Å². The number of carbonyl (C=O) groups is 3. The van der Waals surface area contributed by atoms with Gasteiger partial charge in [0.2, 0.25) is 0 Å². The van der Waals surface area contributed by atoms with E-state index in [9.17, 15) is 14.4 Å². The fraction of sp³-hybridized carbons (Fsp3) is 0.382. The minimum absolute atomic E-state index is 0.120. The maximum Gasteiger partial charge on any atom is 0.258 e. The first-order chi connectivity index (χ1) is 21.2. The van der Waals surface area contributed by atoms with E-state index in [2.05, 4.69) is 44.9 Å². The van der Waals surface area contributed by atoms with Crippen LogP contribution in [-0.2, 0) is 4.79 Å². The number of fused-ring (bicyclic) bond motifs is 1. The quantitative estimate of drug-likeness (QED) is 0.213. The van der Waals surface area contributed by atoms with Gasteiger partial charge in [0.15, 0.2) is 0 Å². The van der Waals surface area contributed by atoms with Crippen LogP contribution in [0, 0.1) is 0 Å². The van der Waals surface area contributed by atoms with E-state index in [1.807, 2.05) is 25.2 Å². The monoisotopic (exact) mass is 682 g/mol. The largest absolute Gasteiger partial charge is 0.495 e. The molecule has 2 atom stereocenters. The number of amides is 2. The minimum atomic E-state index is -0.356. The number of likely N-dealkylation sites (N-methyl/N-ethyl adjacent to an activating group) is 2. The molecule has 234 valence electrons. The Morgan fingerprint density at radius 1 is 1.11 bits per heavy atom. The normalized spacial score (nSPS) is 15.5. The van der Waals surface area contributed by atoms with Gasteiger partial charge in [-0.2, -0.15) is 0 Å². The molecule has 0 fully saturated rings.